The lowest BCUT2D eigenvalue weighted by Gasteiger charge is -2.38. The van der Waals surface area contributed by atoms with Crippen LogP contribution in [0.1, 0.15) is 85.0 Å². The summed E-state index contributed by atoms with van der Waals surface area (Å²) in [5.41, 5.74) is 0. The second-order valence-corrected chi connectivity index (χ2v) is 16.2. The molecule has 2 aliphatic rings. The standard InChI is InChI=1S/C26H48O6Si/c1-26(2,3)33(4,5)31-19-21-20(14-10-8-6-7-9-11-15-24(28)29)22(27)18-23(21)32-25-16-12-13-17-30-25/h8,10,20-23,25,27H,6-7,9,11-19H2,1-5H3,(H,28,29)/b10-8-/t20-,21-,22+,23-,25?/m1/s1. The van der Waals surface area contributed by atoms with E-state index in [9.17, 15) is 9.90 Å². The number of carboxylic acids is 1. The molecule has 1 heterocycles. The van der Waals surface area contributed by atoms with Gasteiger partial charge in [-0.15, -0.1) is 0 Å². The minimum absolute atomic E-state index is 0.0395. The summed E-state index contributed by atoms with van der Waals surface area (Å²) in [5.74, 6) is -0.450. The highest BCUT2D eigenvalue weighted by molar-refractivity contribution is 6.74. The smallest absolute Gasteiger partial charge is 0.303 e. The molecule has 1 saturated heterocycles. The number of allylic oxidation sites excluding steroid dienone is 2. The highest BCUT2D eigenvalue weighted by Gasteiger charge is 2.46. The van der Waals surface area contributed by atoms with Crippen molar-refractivity contribution in [2.45, 2.75) is 122 Å². The number of aliphatic carboxylic acids is 1. The number of aliphatic hydroxyl groups is 1. The molecule has 0 amide bonds. The molecule has 0 spiro atoms. The lowest BCUT2D eigenvalue weighted by atomic mass is 9.91. The van der Waals surface area contributed by atoms with Crippen LogP contribution in [0.15, 0.2) is 12.2 Å². The molecule has 0 bridgehead atoms. The molecule has 0 aromatic rings. The molecule has 7 heteroatoms. The van der Waals surface area contributed by atoms with Gasteiger partial charge in [-0.05, 0) is 69.0 Å². The molecule has 33 heavy (non-hydrogen) atoms. The summed E-state index contributed by atoms with van der Waals surface area (Å²) in [5, 5.41) is 19.8. The first-order valence-electron chi connectivity index (χ1n) is 13.0. The van der Waals surface area contributed by atoms with Crippen LogP contribution in [0, 0.1) is 11.8 Å². The van der Waals surface area contributed by atoms with Gasteiger partial charge in [-0.1, -0.05) is 39.3 Å². The molecular formula is C26H48O6Si. The van der Waals surface area contributed by atoms with Crippen molar-refractivity contribution in [1.29, 1.82) is 0 Å². The average molecular weight is 485 g/mol. The average Bonchev–Trinajstić information content (AvgIpc) is 3.02. The number of ether oxygens (including phenoxy) is 2. The molecule has 2 rings (SSSR count). The van der Waals surface area contributed by atoms with E-state index in [1.807, 2.05) is 0 Å². The molecule has 6 nitrogen and oxygen atoms in total. The molecule has 1 saturated carbocycles. The third kappa shape index (κ3) is 9.44. The Labute approximate surface area is 202 Å². The largest absolute Gasteiger partial charge is 0.481 e. The number of aliphatic hydroxyl groups excluding tert-OH is 1. The van der Waals surface area contributed by atoms with Crippen LogP contribution in [0.3, 0.4) is 0 Å². The van der Waals surface area contributed by atoms with E-state index in [0.717, 1.165) is 58.0 Å². The van der Waals surface area contributed by atoms with E-state index in [1.54, 1.807) is 0 Å². The van der Waals surface area contributed by atoms with Crippen molar-refractivity contribution < 1.29 is 28.9 Å². The van der Waals surface area contributed by atoms with Crippen molar-refractivity contribution in [2.24, 2.45) is 11.8 Å². The molecule has 0 aromatic carbocycles. The van der Waals surface area contributed by atoms with Crippen LogP contribution in [-0.4, -0.2) is 56.2 Å². The van der Waals surface area contributed by atoms with E-state index in [-0.39, 0.29) is 35.7 Å². The Morgan fingerprint density at radius 2 is 1.88 bits per heavy atom. The topological polar surface area (TPSA) is 85.2 Å². The van der Waals surface area contributed by atoms with Gasteiger partial charge in [-0.25, -0.2) is 0 Å². The Balaban J connectivity index is 1.94. The van der Waals surface area contributed by atoms with E-state index in [1.165, 1.54) is 0 Å². The summed E-state index contributed by atoms with van der Waals surface area (Å²) < 4.78 is 18.8. The summed E-state index contributed by atoms with van der Waals surface area (Å²) >= 11 is 0. The van der Waals surface area contributed by atoms with Crippen molar-refractivity contribution >= 4 is 14.3 Å². The van der Waals surface area contributed by atoms with Gasteiger partial charge in [-0.3, -0.25) is 4.79 Å². The highest BCUT2D eigenvalue weighted by atomic mass is 28.4. The van der Waals surface area contributed by atoms with Crippen LogP contribution < -0.4 is 0 Å². The Morgan fingerprint density at radius 3 is 2.52 bits per heavy atom. The number of hydrogen-bond acceptors (Lipinski definition) is 5. The second kappa shape index (κ2) is 13.4. The fraction of sp³-hybridized carbons (Fsp3) is 0.885. The van der Waals surface area contributed by atoms with Gasteiger partial charge in [0, 0.05) is 32.0 Å². The monoisotopic (exact) mass is 484 g/mol. The number of carbonyl (C=O) groups is 1. The maximum Gasteiger partial charge on any atom is 0.303 e. The van der Waals surface area contributed by atoms with Crippen molar-refractivity contribution in [3.05, 3.63) is 12.2 Å². The minimum Gasteiger partial charge on any atom is -0.481 e. The van der Waals surface area contributed by atoms with Crippen LogP contribution in [-0.2, 0) is 18.7 Å². The first kappa shape index (κ1) is 28.5. The summed E-state index contributed by atoms with van der Waals surface area (Å²) in [6.45, 7) is 12.7. The van der Waals surface area contributed by atoms with Gasteiger partial charge in [-0.2, -0.15) is 0 Å². The van der Waals surface area contributed by atoms with Crippen LogP contribution in [0.4, 0.5) is 0 Å². The first-order valence-corrected chi connectivity index (χ1v) is 15.9. The SMILES string of the molecule is CC(C)(C)[Si](C)(C)OC[C@@H]1[C@@H](C/C=C\CCCCCC(=O)O)[C@@H](O)C[C@H]1OC1CCCCO1. The van der Waals surface area contributed by atoms with Crippen molar-refractivity contribution in [3.63, 3.8) is 0 Å². The van der Waals surface area contributed by atoms with E-state index in [0.29, 0.717) is 13.0 Å². The molecule has 2 fully saturated rings. The maximum absolute atomic E-state index is 10.9. The molecular weight excluding hydrogens is 436 g/mol. The predicted octanol–water partition coefficient (Wildman–Crippen LogP) is 5.90. The lowest BCUT2D eigenvalue weighted by Crippen LogP contribution is -2.44. The zero-order valence-electron chi connectivity index (χ0n) is 21.6. The van der Waals surface area contributed by atoms with Gasteiger partial charge < -0.3 is 24.1 Å². The number of unbranched alkanes of at least 4 members (excludes halogenated alkanes) is 3. The number of rotatable bonds is 13. The summed E-state index contributed by atoms with van der Waals surface area (Å²) in [7, 11) is -1.90. The third-order valence-corrected chi connectivity index (χ3v) is 12.2. The molecule has 1 aliphatic carbocycles. The Kier molecular flexibility index (Phi) is 11.6. The van der Waals surface area contributed by atoms with Crippen molar-refractivity contribution in [3.8, 4) is 0 Å². The van der Waals surface area contributed by atoms with Crippen LogP contribution in [0.25, 0.3) is 0 Å². The Bertz CT molecular complexity index is 608. The molecule has 1 aliphatic heterocycles. The van der Waals surface area contributed by atoms with Gasteiger partial charge in [0.15, 0.2) is 14.6 Å². The van der Waals surface area contributed by atoms with Crippen molar-refractivity contribution in [1.82, 2.24) is 0 Å². The van der Waals surface area contributed by atoms with Gasteiger partial charge in [0.05, 0.1) is 12.2 Å². The van der Waals surface area contributed by atoms with Gasteiger partial charge in [0.25, 0.3) is 0 Å². The third-order valence-electron chi connectivity index (χ3n) is 7.74. The maximum atomic E-state index is 10.9. The quantitative estimate of drug-likeness (QED) is 0.192. The summed E-state index contributed by atoms with van der Waals surface area (Å²) in [4.78, 5) is 10.6. The number of carboxylic acid groups (broad SMARTS) is 1. The Hall–Kier alpha value is -0.733. The molecule has 192 valence electrons. The molecule has 2 N–H and O–H groups in total. The summed E-state index contributed by atoms with van der Waals surface area (Å²) in [6, 6.07) is 0. The zero-order chi connectivity index (χ0) is 24.5. The molecule has 0 radical (unpaired) electrons. The highest BCUT2D eigenvalue weighted by Crippen LogP contribution is 2.42. The minimum atomic E-state index is -1.90. The molecule has 5 atom stereocenters. The summed E-state index contributed by atoms with van der Waals surface area (Å²) in [6.07, 6.45) is 12.2. The van der Waals surface area contributed by atoms with Gasteiger partial charge in [0.2, 0.25) is 0 Å². The van der Waals surface area contributed by atoms with Crippen molar-refractivity contribution in [2.75, 3.05) is 13.2 Å². The fourth-order valence-electron chi connectivity index (χ4n) is 4.49. The van der Waals surface area contributed by atoms with E-state index >= 15 is 0 Å². The van der Waals surface area contributed by atoms with Crippen LogP contribution >= 0.6 is 0 Å². The predicted molar refractivity (Wildman–Crippen MR) is 134 cm³/mol. The van der Waals surface area contributed by atoms with E-state index in [4.69, 9.17) is 19.0 Å². The fourth-order valence-corrected chi connectivity index (χ4v) is 5.53. The lowest BCUT2D eigenvalue weighted by molar-refractivity contribution is -0.197. The van der Waals surface area contributed by atoms with Gasteiger partial charge in [0.1, 0.15) is 0 Å². The van der Waals surface area contributed by atoms with Gasteiger partial charge >= 0.3 is 5.97 Å². The van der Waals surface area contributed by atoms with E-state index in [2.05, 4.69) is 46.0 Å². The zero-order valence-corrected chi connectivity index (χ0v) is 22.6. The van der Waals surface area contributed by atoms with Crippen LogP contribution in [0.5, 0.6) is 0 Å². The first-order chi connectivity index (χ1) is 15.5. The van der Waals surface area contributed by atoms with Crippen LogP contribution in [0.2, 0.25) is 18.1 Å². The molecule has 0 aromatic heterocycles. The number of hydrogen-bond donors (Lipinski definition) is 2. The molecule has 1 unspecified atom stereocenters. The Morgan fingerprint density at radius 1 is 1.12 bits per heavy atom. The normalized spacial score (nSPS) is 29.1. The second-order valence-electron chi connectivity index (χ2n) is 11.4. The van der Waals surface area contributed by atoms with E-state index < -0.39 is 20.4 Å².